The van der Waals surface area contributed by atoms with E-state index in [1.807, 2.05) is 27.0 Å². The Balaban J connectivity index is 2.17. The molecule has 0 unspecified atom stereocenters. The number of carbonyl (C=O) groups excluding carboxylic acids is 1. The molecule has 2 heterocycles. The Morgan fingerprint density at radius 1 is 1.38 bits per heavy atom. The second-order valence-electron chi connectivity index (χ2n) is 6.15. The molecule has 0 spiro atoms. The van der Waals surface area contributed by atoms with E-state index >= 15 is 0 Å². The lowest BCUT2D eigenvalue weighted by atomic mass is 10.2. The van der Waals surface area contributed by atoms with Gasteiger partial charge in [-0.3, -0.25) is 14.2 Å². The van der Waals surface area contributed by atoms with Gasteiger partial charge in [0.2, 0.25) is 0 Å². The van der Waals surface area contributed by atoms with Gasteiger partial charge in [0.25, 0.3) is 5.56 Å². The van der Waals surface area contributed by atoms with Gasteiger partial charge in [-0.15, -0.1) is 11.6 Å². The minimum atomic E-state index is -0.509. The Bertz CT molecular complexity index is 796. The molecule has 0 aliphatic carbocycles. The number of fused-ring (bicyclic) bond motifs is 1. The summed E-state index contributed by atoms with van der Waals surface area (Å²) in [6, 6.07) is 0. The van der Waals surface area contributed by atoms with Gasteiger partial charge in [-0.25, -0.2) is 9.97 Å². The molecule has 0 aliphatic heterocycles. The van der Waals surface area contributed by atoms with Gasteiger partial charge < -0.3 is 4.74 Å². The van der Waals surface area contributed by atoms with Crippen molar-refractivity contribution in [2.24, 2.45) is 0 Å². The number of thioether (sulfide) groups is 1. The molecule has 0 saturated heterocycles. The van der Waals surface area contributed by atoms with Crippen LogP contribution >= 0.6 is 34.7 Å². The van der Waals surface area contributed by atoms with Crippen LogP contribution in [0.5, 0.6) is 0 Å². The van der Waals surface area contributed by atoms with Crippen LogP contribution in [0.1, 0.15) is 39.4 Å². The lowest BCUT2D eigenvalue weighted by Crippen LogP contribution is -2.26. The molecule has 0 radical (unpaired) electrons. The number of halogens is 1. The molecule has 0 saturated carbocycles. The zero-order valence-electron chi connectivity index (χ0n) is 14.1. The summed E-state index contributed by atoms with van der Waals surface area (Å²) < 4.78 is 7.57. The van der Waals surface area contributed by atoms with Crippen molar-refractivity contribution in [1.82, 2.24) is 14.5 Å². The molecule has 6 nitrogen and oxygen atoms in total. The minimum Gasteiger partial charge on any atom is -0.460 e. The highest BCUT2D eigenvalue weighted by molar-refractivity contribution is 8.00. The van der Waals surface area contributed by atoms with Crippen LogP contribution < -0.4 is 5.56 Å². The second kappa shape index (κ2) is 7.84. The van der Waals surface area contributed by atoms with E-state index in [1.165, 1.54) is 27.7 Å². The Morgan fingerprint density at radius 3 is 2.67 bits per heavy atom. The third kappa shape index (κ3) is 4.70. The van der Waals surface area contributed by atoms with Crippen molar-refractivity contribution in [3.05, 3.63) is 16.2 Å². The monoisotopic (exact) mass is 389 g/mol. The molecule has 0 amide bonds. The van der Waals surface area contributed by atoms with Crippen LogP contribution in [-0.2, 0) is 22.0 Å². The fraction of sp³-hybridized carbons (Fsp3) is 0.600. The molecule has 0 N–H and O–H groups in total. The third-order valence-corrected chi connectivity index (χ3v) is 5.23. The summed E-state index contributed by atoms with van der Waals surface area (Å²) in [5, 5.41) is 0. The summed E-state index contributed by atoms with van der Waals surface area (Å²) >= 11 is 8.79. The largest absolute Gasteiger partial charge is 0.460 e. The predicted octanol–water partition coefficient (Wildman–Crippen LogP) is 3.44. The van der Waals surface area contributed by atoms with E-state index in [4.69, 9.17) is 16.3 Å². The fourth-order valence-electron chi connectivity index (χ4n) is 2.12. The van der Waals surface area contributed by atoms with Gasteiger partial charge in [-0.2, -0.15) is 0 Å². The van der Waals surface area contributed by atoms with Crippen LogP contribution in [-0.4, -0.2) is 32.4 Å². The lowest BCUT2D eigenvalue weighted by molar-refractivity contribution is -0.154. The summed E-state index contributed by atoms with van der Waals surface area (Å²) in [4.78, 5) is 33.8. The molecule has 0 aliphatic rings. The minimum absolute atomic E-state index is 0.129. The molecule has 0 fully saturated rings. The van der Waals surface area contributed by atoms with Gasteiger partial charge in [-0.05, 0) is 33.4 Å². The standard InChI is InChI=1S/C15H20ClN3O3S2/c1-15(2,3)22-10(20)6-5-7-19-9(8-16)17-12-11(13(19)21)18-14(23-4)24-12/h5-8H2,1-4H3. The van der Waals surface area contributed by atoms with Crippen molar-refractivity contribution in [2.75, 3.05) is 6.26 Å². The van der Waals surface area contributed by atoms with E-state index < -0.39 is 5.60 Å². The Hall–Kier alpha value is -1.12. The van der Waals surface area contributed by atoms with Crippen LogP contribution in [0, 0.1) is 0 Å². The Morgan fingerprint density at radius 2 is 2.08 bits per heavy atom. The highest BCUT2D eigenvalue weighted by Gasteiger charge is 2.17. The first-order valence-corrected chi connectivity index (χ1v) is 10.0. The van der Waals surface area contributed by atoms with Crippen molar-refractivity contribution in [3.8, 4) is 0 Å². The molecular weight excluding hydrogens is 370 g/mol. The molecule has 0 atom stereocenters. The maximum Gasteiger partial charge on any atom is 0.306 e. The van der Waals surface area contributed by atoms with E-state index in [-0.39, 0.29) is 23.8 Å². The summed E-state index contributed by atoms with van der Waals surface area (Å²) in [5.41, 5.74) is -0.364. The van der Waals surface area contributed by atoms with E-state index in [0.29, 0.717) is 29.1 Å². The topological polar surface area (TPSA) is 74.1 Å². The van der Waals surface area contributed by atoms with Crippen LogP contribution in [0.25, 0.3) is 10.3 Å². The second-order valence-corrected chi connectivity index (χ2v) is 8.44. The maximum absolute atomic E-state index is 12.6. The number of aromatic nitrogens is 3. The smallest absolute Gasteiger partial charge is 0.306 e. The lowest BCUT2D eigenvalue weighted by Gasteiger charge is -2.19. The summed E-state index contributed by atoms with van der Waals surface area (Å²) in [6.07, 6.45) is 2.61. The average molecular weight is 390 g/mol. The summed E-state index contributed by atoms with van der Waals surface area (Å²) in [7, 11) is 0. The molecule has 24 heavy (non-hydrogen) atoms. The van der Waals surface area contributed by atoms with Gasteiger partial charge in [-0.1, -0.05) is 23.1 Å². The zero-order chi connectivity index (χ0) is 17.9. The number of hydrogen-bond donors (Lipinski definition) is 0. The quantitative estimate of drug-likeness (QED) is 0.428. The van der Waals surface area contributed by atoms with Crippen LogP contribution in [0.15, 0.2) is 9.13 Å². The third-order valence-electron chi connectivity index (χ3n) is 3.06. The number of alkyl halides is 1. The number of carbonyl (C=O) groups is 1. The average Bonchev–Trinajstić information content (AvgIpc) is 2.91. The normalized spacial score (nSPS) is 11.9. The predicted molar refractivity (Wildman–Crippen MR) is 98.1 cm³/mol. The maximum atomic E-state index is 12.6. The summed E-state index contributed by atoms with van der Waals surface area (Å²) in [5.74, 6) is 0.342. The van der Waals surface area contributed by atoms with Gasteiger partial charge >= 0.3 is 5.97 Å². The van der Waals surface area contributed by atoms with Crippen molar-refractivity contribution in [3.63, 3.8) is 0 Å². The number of hydrogen-bond acceptors (Lipinski definition) is 7. The number of ether oxygens (including phenoxy) is 1. The van der Waals surface area contributed by atoms with Crippen molar-refractivity contribution in [1.29, 1.82) is 0 Å². The first-order valence-electron chi connectivity index (χ1n) is 7.47. The van der Waals surface area contributed by atoms with Crippen LogP contribution in [0.3, 0.4) is 0 Å². The number of nitrogens with zero attached hydrogens (tertiary/aromatic N) is 3. The van der Waals surface area contributed by atoms with E-state index in [2.05, 4.69) is 9.97 Å². The van der Waals surface area contributed by atoms with Crippen LogP contribution in [0.2, 0.25) is 0 Å². The first kappa shape index (κ1) is 19.2. The van der Waals surface area contributed by atoms with Crippen LogP contribution in [0.4, 0.5) is 0 Å². The molecule has 0 bridgehead atoms. The van der Waals surface area contributed by atoms with Gasteiger partial charge in [0.15, 0.2) is 14.7 Å². The molecule has 132 valence electrons. The number of thiazole rings is 1. The van der Waals surface area contributed by atoms with E-state index in [0.717, 1.165) is 4.34 Å². The SMILES string of the molecule is CSc1nc2c(=O)n(CCCC(=O)OC(C)(C)C)c(CCl)nc2s1. The molecule has 2 aromatic rings. The van der Waals surface area contributed by atoms with Gasteiger partial charge in [0.1, 0.15) is 11.4 Å². The summed E-state index contributed by atoms with van der Waals surface area (Å²) in [6.45, 7) is 5.83. The van der Waals surface area contributed by atoms with Crippen molar-refractivity contribution >= 4 is 51.0 Å². The molecule has 2 rings (SSSR count). The molecular formula is C15H20ClN3O3S2. The molecule has 2 aromatic heterocycles. The van der Waals surface area contributed by atoms with Gasteiger partial charge in [0.05, 0.1) is 5.88 Å². The van der Waals surface area contributed by atoms with Crippen molar-refractivity contribution in [2.45, 2.75) is 56.0 Å². The van der Waals surface area contributed by atoms with Gasteiger partial charge in [0, 0.05) is 13.0 Å². The Kier molecular flexibility index (Phi) is 6.28. The van der Waals surface area contributed by atoms with E-state index in [1.54, 1.807) is 0 Å². The molecule has 0 aromatic carbocycles. The highest BCUT2D eigenvalue weighted by atomic mass is 35.5. The first-order chi connectivity index (χ1) is 11.2. The highest BCUT2D eigenvalue weighted by Crippen LogP contribution is 2.25. The van der Waals surface area contributed by atoms with E-state index in [9.17, 15) is 9.59 Å². The fourth-order valence-corrected chi connectivity index (χ4v) is 3.76. The molecule has 9 heteroatoms. The van der Waals surface area contributed by atoms with Crippen molar-refractivity contribution < 1.29 is 9.53 Å². The zero-order valence-corrected chi connectivity index (χ0v) is 16.5. The number of esters is 1. The Labute approximate surface area is 153 Å². The number of rotatable bonds is 6.